The summed E-state index contributed by atoms with van der Waals surface area (Å²) >= 11 is 1.64. The summed E-state index contributed by atoms with van der Waals surface area (Å²) in [4.78, 5) is 0. The maximum absolute atomic E-state index is 9.20. The van der Waals surface area contributed by atoms with E-state index in [1.165, 1.54) is 32.1 Å². The molecule has 0 radical (unpaired) electrons. The molecule has 0 aromatic carbocycles. The molecule has 3 rings (SSSR count). The number of unbranched alkanes of at least 4 members (excludes halogenated alkanes) is 2. The van der Waals surface area contributed by atoms with Crippen LogP contribution in [-0.2, 0) is 6.42 Å². The highest BCUT2D eigenvalue weighted by Crippen LogP contribution is 2.44. The third-order valence-electron chi connectivity index (χ3n) is 4.54. The fourth-order valence-electron chi connectivity index (χ4n) is 3.49. The zero-order valence-electron chi connectivity index (χ0n) is 11.9. The molecule has 3 atom stereocenters. The van der Waals surface area contributed by atoms with Gasteiger partial charge in [-0.05, 0) is 31.6 Å². The van der Waals surface area contributed by atoms with Crippen molar-refractivity contribution in [1.82, 2.24) is 10.2 Å². The van der Waals surface area contributed by atoms with E-state index in [2.05, 4.69) is 27.6 Å². The molecule has 1 heterocycles. The second kappa shape index (κ2) is 6.08. The number of fused-ring (bicyclic) bond motifs is 2. The molecule has 2 fully saturated rings. The van der Waals surface area contributed by atoms with Crippen molar-refractivity contribution < 1.29 is 5.21 Å². The number of aromatic nitrogens is 2. The molecule has 2 saturated carbocycles. The standard InChI is InChI=1S/C14H22N4OS/c1-2-3-4-5-11-16-17-14(20-11)15-12-9-6-7-10(8-9)13(12)18-19/h9-10,12,19H,2-8H2,1H3,(H,15,17)/b18-13+/t9-,10-,12-/m0/s1. The Morgan fingerprint density at radius 2 is 2.25 bits per heavy atom. The van der Waals surface area contributed by atoms with Gasteiger partial charge in [0, 0.05) is 12.3 Å². The summed E-state index contributed by atoms with van der Waals surface area (Å²) in [6.07, 6.45) is 8.22. The summed E-state index contributed by atoms with van der Waals surface area (Å²) in [6.45, 7) is 2.21. The van der Waals surface area contributed by atoms with Gasteiger partial charge in [0.15, 0.2) is 0 Å². The second-order valence-electron chi connectivity index (χ2n) is 5.87. The van der Waals surface area contributed by atoms with Crippen molar-refractivity contribution >= 4 is 22.2 Å². The van der Waals surface area contributed by atoms with Crippen LogP contribution in [0.25, 0.3) is 0 Å². The van der Waals surface area contributed by atoms with E-state index >= 15 is 0 Å². The zero-order chi connectivity index (χ0) is 13.9. The van der Waals surface area contributed by atoms with Crippen LogP contribution >= 0.6 is 11.3 Å². The maximum Gasteiger partial charge on any atom is 0.206 e. The number of nitrogens with one attached hydrogen (secondary N) is 1. The summed E-state index contributed by atoms with van der Waals surface area (Å²) in [5.41, 5.74) is 0.920. The van der Waals surface area contributed by atoms with Crippen LogP contribution in [0.15, 0.2) is 5.16 Å². The minimum Gasteiger partial charge on any atom is -0.411 e. The number of oxime groups is 1. The predicted octanol–water partition coefficient (Wildman–Crippen LogP) is 3.31. The van der Waals surface area contributed by atoms with E-state index in [4.69, 9.17) is 0 Å². The molecule has 5 nitrogen and oxygen atoms in total. The zero-order valence-corrected chi connectivity index (χ0v) is 12.7. The average molecular weight is 294 g/mol. The van der Waals surface area contributed by atoms with E-state index in [1.807, 2.05) is 0 Å². The normalized spacial score (nSPS) is 30.2. The van der Waals surface area contributed by atoms with Crippen molar-refractivity contribution in [3.8, 4) is 0 Å². The number of anilines is 1. The van der Waals surface area contributed by atoms with Crippen LogP contribution in [0.3, 0.4) is 0 Å². The number of rotatable bonds is 6. The van der Waals surface area contributed by atoms with Crippen molar-refractivity contribution in [3.63, 3.8) is 0 Å². The van der Waals surface area contributed by atoms with E-state index in [-0.39, 0.29) is 6.04 Å². The molecule has 6 heteroatoms. The third-order valence-corrected chi connectivity index (χ3v) is 5.45. The molecule has 0 amide bonds. The van der Waals surface area contributed by atoms with Crippen LogP contribution in [0.5, 0.6) is 0 Å². The van der Waals surface area contributed by atoms with Gasteiger partial charge in [-0.2, -0.15) is 0 Å². The lowest BCUT2D eigenvalue weighted by molar-refractivity contribution is 0.312. The smallest absolute Gasteiger partial charge is 0.206 e. The Bertz CT molecular complexity index is 487. The average Bonchev–Trinajstić information content (AvgIpc) is 3.15. The van der Waals surface area contributed by atoms with Gasteiger partial charge in [-0.25, -0.2) is 0 Å². The van der Waals surface area contributed by atoms with Crippen LogP contribution in [0, 0.1) is 11.8 Å². The van der Waals surface area contributed by atoms with Gasteiger partial charge in [0.25, 0.3) is 0 Å². The molecule has 2 aliphatic carbocycles. The SMILES string of the molecule is CCCCCc1nnc(N[C@@H]2/C(=N/O)[C@H]3CC[C@H]2C3)s1. The van der Waals surface area contributed by atoms with Gasteiger partial charge in [0.05, 0.1) is 11.8 Å². The van der Waals surface area contributed by atoms with Crippen LogP contribution in [0.1, 0.15) is 50.5 Å². The highest BCUT2D eigenvalue weighted by Gasteiger charge is 2.45. The summed E-state index contributed by atoms with van der Waals surface area (Å²) in [5.74, 6) is 1.07. The minimum atomic E-state index is 0.162. The monoisotopic (exact) mass is 294 g/mol. The molecular weight excluding hydrogens is 272 g/mol. The number of aryl methyl sites for hydroxylation is 1. The fourth-order valence-corrected chi connectivity index (χ4v) is 4.31. The van der Waals surface area contributed by atoms with E-state index in [9.17, 15) is 5.21 Å². The van der Waals surface area contributed by atoms with Gasteiger partial charge in [-0.1, -0.05) is 36.3 Å². The van der Waals surface area contributed by atoms with Gasteiger partial charge >= 0.3 is 0 Å². The predicted molar refractivity (Wildman–Crippen MR) is 80.6 cm³/mol. The van der Waals surface area contributed by atoms with Gasteiger partial charge in [0.2, 0.25) is 5.13 Å². The van der Waals surface area contributed by atoms with Gasteiger partial charge in [-0.3, -0.25) is 0 Å². The maximum atomic E-state index is 9.20. The Morgan fingerprint density at radius 1 is 1.35 bits per heavy atom. The molecule has 0 aliphatic heterocycles. The highest BCUT2D eigenvalue weighted by atomic mass is 32.1. The first-order valence-corrected chi connectivity index (χ1v) is 8.44. The molecule has 1 aromatic heterocycles. The van der Waals surface area contributed by atoms with Crippen LogP contribution < -0.4 is 5.32 Å². The van der Waals surface area contributed by atoms with Gasteiger partial charge < -0.3 is 10.5 Å². The topological polar surface area (TPSA) is 70.4 Å². The lowest BCUT2D eigenvalue weighted by atomic mass is 9.93. The molecule has 110 valence electrons. The first kappa shape index (κ1) is 13.8. The Morgan fingerprint density at radius 3 is 3.05 bits per heavy atom. The van der Waals surface area contributed by atoms with E-state index in [1.54, 1.807) is 11.3 Å². The second-order valence-corrected chi connectivity index (χ2v) is 6.94. The van der Waals surface area contributed by atoms with Crippen molar-refractivity contribution in [2.24, 2.45) is 17.0 Å². The molecule has 0 spiro atoms. The summed E-state index contributed by atoms with van der Waals surface area (Å²) in [5, 5.41) is 26.6. The van der Waals surface area contributed by atoms with Crippen molar-refractivity contribution in [1.29, 1.82) is 0 Å². The number of nitrogens with zero attached hydrogens (tertiary/aromatic N) is 3. The fraction of sp³-hybridized carbons (Fsp3) is 0.786. The molecular formula is C14H22N4OS. The Hall–Kier alpha value is -1.17. The Balaban J connectivity index is 1.60. The highest BCUT2D eigenvalue weighted by molar-refractivity contribution is 7.15. The molecule has 20 heavy (non-hydrogen) atoms. The minimum absolute atomic E-state index is 0.162. The lowest BCUT2D eigenvalue weighted by Gasteiger charge is -2.23. The Labute approximate surface area is 123 Å². The van der Waals surface area contributed by atoms with Gasteiger partial charge in [0.1, 0.15) is 5.01 Å². The molecule has 2 aliphatic rings. The van der Waals surface area contributed by atoms with Crippen LogP contribution in [-0.4, -0.2) is 27.2 Å². The van der Waals surface area contributed by atoms with Crippen molar-refractivity contribution in [3.05, 3.63) is 5.01 Å². The number of hydrogen-bond acceptors (Lipinski definition) is 6. The first-order chi connectivity index (χ1) is 9.81. The summed E-state index contributed by atoms with van der Waals surface area (Å²) in [6, 6.07) is 0.162. The molecule has 2 bridgehead atoms. The molecule has 0 unspecified atom stereocenters. The van der Waals surface area contributed by atoms with E-state index < -0.39 is 0 Å². The third kappa shape index (κ3) is 2.66. The van der Waals surface area contributed by atoms with E-state index in [0.29, 0.717) is 11.8 Å². The van der Waals surface area contributed by atoms with Gasteiger partial charge in [-0.15, -0.1) is 10.2 Å². The molecule has 2 N–H and O–H groups in total. The first-order valence-electron chi connectivity index (χ1n) is 7.62. The molecule has 1 aromatic rings. The van der Waals surface area contributed by atoms with Crippen molar-refractivity contribution in [2.45, 2.75) is 57.9 Å². The molecule has 0 saturated heterocycles. The van der Waals surface area contributed by atoms with Crippen LogP contribution in [0.2, 0.25) is 0 Å². The summed E-state index contributed by atoms with van der Waals surface area (Å²) < 4.78 is 0. The largest absolute Gasteiger partial charge is 0.411 e. The Kier molecular flexibility index (Phi) is 4.19. The lowest BCUT2D eigenvalue weighted by Crippen LogP contribution is -2.35. The van der Waals surface area contributed by atoms with E-state index in [0.717, 1.165) is 28.7 Å². The van der Waals surface area contributed by atoms with Crippen molar-refractivity contribution in [2.75, 3.05) is 5.32 Å². The summed E-state index contributed by atoms with van der Waals surface area (Å²) in [7, 11) is 0. The quantitative estimate of drug-likeness (QED) is 0.480. The number of hydrogen-bond donors (Lipinski definition) is 2. The van der Waals surface area contributed by atoms with Crippen LogP contribution in [0.4, 0.5) is 5.13 Å².